The van der Waals surface area contributed by atoms with E-state index in [-0.39, 0.29) is 30.2 Å². The minimum atomic E-state index is -0.690. The summed E-state index contributed by atoms with van der Waals surface area (Å²) in [5.74, 6) is -1.73. The van der Waals surface area contributed by atoms with Gasteiger partial charge in [0.05, 0.1) is 16.9 Å². The summed E-state index contributed by atoms with van der Waals surface area (Å²) in [6, 6.07) is 13.8. The third-order valence-electron chi connectivity index (χ3n) is 4.84. The number of esters is 1. The second kappa shape index (κ2) is 9.11. The first-order chi connectivity index (χ1) is 15.4. The molecule has 1 aromatic heterocycles. The molecule has 3 amide bonds. The van der Waals surface area contributed by atoms with Gasteiger partial charge in [0.15, 0.2) is 11.7 Å². The number of ether oxygens (including phenoxy) is 1. The third-order valence-corrected chi connectivity index (χ3v) is 5.60. The van der Waals surface area contributed by atoms with E-state index >= 15 is 0 Å². The fourth-order valence-corrected chi connectivity index (χ4v) is 3.90. The van der Waals surface area contributed by atoms with Crippen LogP contribution in [0.3, 0.4) is 0 Å². The number of carbonyl (C=O) groups is 4. The molecule has 1 aliphatic heterocycles. The third kappa shape index (κ3) is 4.73. The number of hydrogen-bond acceptors (Lipinski definition) is 7. The van der Waals surface area contributed by atoms with Crippen molar-refractivity contribution in [1.82, 2.24) is 4.98 Å². The monoisotopic (exact) mass is 449 g/mol. The molecule has 0 aliphatic carbocycles. The van der Waals surface area contributed by atoms with Gasteiger partial charge in [-0.2, -0.15) is 0 Å². The van der Waals surface area contributed by atoms with Crippen LogP contribution in [0.15, 0.2) is 53.9 Å². The van der Waals surface area contributed by atoms with Crippen molar-refractivity contribution in [1.29, 1.82) is 0 Å². The number of aromatic nitrogens is 1. The molecular weight excluding hydrogens is 430 g/mol. The van der Waals surface area contributed by atoms with Crippen molar-refractivity contribution in [2.45, 2.75) is 19.8 Å². The molecule has 0 bridgehead atoms. The molecule has 0 unspecified atom stereocenters. The summed E-state index contributed by atoms with van der Waals surface area (Å²) in [7, 11) is 0. The molecule has 3 aromatic rings. The highest BCUT2D eigenvalue weighted by Gasteiger charge is 2.30. The SMILES string of the molecule is Cc1ccc(-c2csc(NC(=O)COC(=O)c3ccc(N4C(=O)CCC4=O)cc3)n2)cc1. The molecule has 162 valence electrons. The smallest absolute Gasteiger partial charge is 0.338 e. The predicted molar refractivity (Wildman–Crippen MR) is 119 cm³/mol. The lowest BCUT2D eigenvalue weighted by Gasteiger charge is -2.14. The lowest BCUT2D eigenvalue weighted by atomic mass is 10.1. The Bertz CT molecular complexity index is 1170. The van der Waals surface area contributed by atoms with Gasteiger partial charge >= 0.3 is 5.97 Å². The first kappa shape index (κ1) is 21.4. The number of carbonyl (C=O) groups excluding carboxylic acids is 4. The van der Waals surface area contributed by atoms with Crippen LogP contribution < -0.4 is 10.2 Å². The van der Waals surface area contributed by atoms with E-state index in [9.17, 15) is 19.2 Å². The molecule has 8 nitrogen and oxygen atoms in total. The Balaban J connectivity index is 1.30. The Hall–Kier alpha value is -3.85. The number of nitrogens with one attached hydrogen (secondary N) is 1. The number of hydrogen-bond donors (Lipinski definition) is 1. The van der Waals surface area contributed by atoms with Gasteiger partial charge in [0.25, 0.3) is 5.91 Å². The molecule has 0 spiro atoms. The lowest BCUT2D eigenvalue weighted by molar-refractivity contribution is -0.121. The second-order valence-electron chi connectivity index (χ2n) is 7.20. The van der Waals surface area contributed by atoms with Crippen LogP contribution in [0.5, 0.6) is 0 Å². The Morgan fingerprint density at radius 2 is 1.69 bits per heavy atom. The van der Waals surface area contributed by atoms with Crippen molar-refractivity contribution in [3.05, 3.63) is 65.0 Å². The van der Waals surface area contributed by atoms with Gasteiger partial charge in [-0.25, -0.2) is 9.78 Å². The topological polar surface area (TPSA) is 106 Å². The van der Waals surface area contributed by atoms with Gasteiger partial charge in [-0.15, -0.1) is 11.3 Å². The van der Waals surface area contributed by atoms with Gasteiger partial charge in [-0.05, 0) is 31.2 Å². The highest BCUT2D eigenvalue weighted by atomic mass is 32.1. The molecule has 0 radical (unpaired) electrons. The normalized spacial score (nSPS) is 13.3. The van der Waals surface area contributed by atoms with Gasteiger partial charge in [0.2, 0.25) is 11.8 Å². The molecule has 1 aliphatic rings. The van der Waals surface area contributed by atoms with Crippen molar-refractivity contribution in [2.75, 3.05) is 16.8 Å². The minimum Gasteiger partial charge on any atom is -0.452 e. The molecule has 0 saturated carbocycles. The van der Waals surface area contributed by atoms with Gasteiger partial charge < -0.3 is 4.74 Å². The maximum atomic E-state index is 12.2. The Morgan fingerprint density at radius 1 is 1.03 bits per heavy atom. The zero-order valence-electron chi connectivity index (χ0n) is 17.2. The zero-order chi connectivity index (χ0) is 22.7. The summed E-state index contributed by atoms with van der Waals surface area (Å²) >= 11 is 1.28. The molecular formula is C23H19N3O5S. The van der Waals surface area contributed by atoms with Crippen LogP contribution in [-0.4, -0.2) is 35.3 Å². The number of aryl methyl sites for hydroxylation is 1. The first-order valence-corrected chi connectivity index (χ1v) is 10.7. The molecule has 9 heteroatoms. The van der Waals surface area contributed by atoms with Crippen LogP contribution >= 0.6 is 11.3 Å². The highest BCUT2D eigenvalue weighted by Crippen LogP contribution is 2.25. The summed E-state index contributed by atoms with van der Waals surface area (Å²) in [6.45, 7) is 1.53. The highest BCUT2D eigenvalue weighted by molar-refractivity contribution is 7.14. The van der Waals surface area contributed by atoms with Crippen molar-refractivity contribution >= 4 is 45.8 Å². The Morgan fingerprint density at radius 3 is 2.34 bits per heavy atom. The summed E-state index contributed by atoms with van der Waals surface area (Å²) in [4.78, 5) is 53.4. The van der Waals surface area contributed by atoms with Crippen LogP contribution in [0.25, 0.3) is 11.3 Å². The van der Waals surface area contributed by atoms with Crippen molar-refractivity contribution < 1.29 is 23.9 Å². The van der Waals surface area contributed by atoms with Crippen LogP contribution in [0, 0.1) is 6.92 Å². The molecule has 1 fully saturated rings. The zero-order valence-corrected chi connectivity index (χ0v) is 18.0. The van der Waals surface area contributed by atoms with E-state index in [0.717, 1.165) is 21.7 Å². The summed E-state index contributed by atoms with van der Waals surface area (Å²) in [5.41, 5.74) is 3.44. The number of amides is 3. The van der Waals surface area contributed by atoms with E-state index in [1.54, 1.807) is 0 Å². The van der Waals surface area contributed by atoms with Crippen molar-refractivity contribution in [2.24, 2.45) is 0 Å². The standard InChI is InChI=1S/C23H19N3O5S/c1-14-2-4-15(5-3-14)18-13-32-23(24-18)25-19(27)12-31-22(30)16-6-8-17(9-7-16)26-20(28)10-11-21(26)29/h2-9,13H,10-12H2,1H3,(H,24,25,27). The maximum Gasteiger partial charge on any atom is 0.338 e. The van der Waals surface area contributed by atoms with Gasteiger partial charge in [0.1, 0.15) is 0 Å². The van der Waals surface area contributed by atoms with E-state index in [1.807, 2.05) is 36.6 Å². The molecule has 1 N–H and O–H groups in total. The molecule has 32 heavy (non-hydrogen) atoms. The number of rotatable bonds is 6. The van der Waals surface area contributed by atoms with E-state index in [2.05, 4.69) is 10.3 Å². The van der Waals surface area contributed by atoms with Crippen molar-refractivity contribution in [3.63, 3.8) is 0 Å². The van der Waals surface area contributed by atoms with Crippen molar-refractivity contribution in [3.8, 4) is 11.3 Å². The number of anilines is 2. The minimum absolute atomic E-state index is 0.184. The number of benzene rings is 2. The molecule has 2 aromatic carbocycles. The number of imide groups is 1. The average Bonchev–Trinajstić information content (AvgIpc) is 3.39. The Kier molecular flexibility index (Phi) is 6.09. The van der Waals surface area contributed by atoms with Gasteiger partial charge in [-0.1, -0.05) is 29.8 Å². The largest absolute Gasteiger partial charge is 0.452 e. The summed E-state index contributed by atoms with van der Waals surface area (Å²) in [5, 5.41) is 4.86. The molecule has 2 heterocycles. The van der Waals surface area contributed by atoms with E-state index in [0.29, 0.717) is 10.8 Å². The first-order valence-electron chi connectivity index (χ1n) is 9.86. The van der Waals surface area contributed by atoms with Crippen LogP contribution in [0.2, 0.25) is 0 Å². The maximum absolute atomic E-state index is 12.2. The quantitative estimate of drug-likeness (QED) is 0.456. The van der Waals surface area contributed by atoms with Crippen LogP contribution in [0.1, 0.15) is 28.8 Å². The molecule has 4 rings (SSSR count). The average molecular weight is 449 g/mol. The van der Waals surface area contributed by atoms with Gasteiger partial charge in [-0.3, -0.25) is 24.6 Å². The molecule has 0 atom stereocenters. The summed E-state index contributed by atoms with van der Waals surface area (Å²) in [6.07, 6.45) is 0.368. The Labute approximate surface area is 187 Å². The lowest BCUT2D eigenvalue weighted by Crippen LogP contribution is -2.28. The van der Waals surface area contributed by atoms with E-state index < -0.39 is 18.5 Å². The molecule has 1 saturated heterocycles. The van der Waals surface area contributed by atoms with Gasteiger partial charge in [0, 0.05) is 23.8 Å². The summed E-state index contributed by atoms with van der Waals surface area (Å²) < 4.78 is 5.05. The number of nitrogens with zero attached hydrogens (tertiary/aromatic N) is 2. The predicted octanol–water partition coefficient (Wildman–Crippen LogP) is 3.57. The second-order valence-corrected chi connectivity index (χ2v) is 8.06. The van der Waals surface area contributed by atoms with E-state index in [4.69, 9.17) is 4.74 Å². The fourth-order valence-electron chi connectivity index (χ4n) is 3.17. The van der Waals surface area contributed by atoms with Crippen LogP contribution in [-0.2, 0) is 19.1 Å². The van der Waals surface area contributed by atoms with E-state index in [1.165, 1.54) is 35.6 Å². The fraction of sp³-hybridized carbons (Fsp3) is 0.174. The number of thiazole rings is 1. The van der Waals surface area contributed by atoms with Crippen LogP contribution in [0.4, 0.5) is 10.8 Å².